The van der Waals surface area contributed by atoms with Gasteiger partial charge < -0.3 is 5.11 Å². The molecule has 1 heteroatoms. The molecule has 1 aliphatic carbocycles. The Kier molecular flexibility index (Phi) is 4.60. The number of aliphatic hydroxyl groups is 1. The third kappa shape index (κ3) is 3.29. The third-order valence-electron chi connectivity index (χ3n) is 5.05. The summed E-state index contributed by atoms with van der Waals surface area (Å²) in [5, 5.41) is 13.3. The number of hydrogen-bond donors (Lipinski definition) is 1. The van der Waals surface area contributed by atoms with Crippen molar-refractivity contribution in [2.24, 2.45) is 5.92 Å². The lowest BCUT2D eigenvalue weighted by atomic mass is 9.87. The Morgan fingerprint density at radius 3 is 2.48 bits per heavy atom. The van der Waals surface area contributed by atoms with E-state index >= 15 is 0 Å². The fourth-order valence-electron chi connectivity index (χ4n) is 3.88. The van der Waals surface area contributed by atoms with E-state index in [0.29, 0.717) is 5.92 Å². The average Bonchev–Trinajstić information content (AvgIpc) is 2.75. The van der Waals surface area contributed by atoms with E-state index in [1.54, 1.807) is 0 Å². The Morgan fingerprint density at radius 2 is 1.71 bits per heavy atom. The van der Waals surface area contributed by atoms with Gasteiger partial charge in [-0.1, -0.05) is 74.9 Å². The molecule has 3 rings (SSSR count). The first-order valence-electron chi connectivity index (χ1n) is 8.42. The van der Waals surface area contributed by atoms with Crippen molar-refractivity contribution in [1.29, 1.82) is 0 Å². The molecule has 0 bridgehead atoms. The zero-order valence-corrected chi connectivity index (χ0v) is 13.0. The molecule has 2 aromatic carbocycles. The molecule has 1 nitrogen and oxygen atoms in total. The summed E-state index contributed by atoms with van der Waals surface area (Å²) < 4.78 is 0. The average molecular weight is 282 g/mol. The SMILES string of the molecule is Cc1ccc2ccccc2c1C(O)CC1CCCCCC1. The van der Waals surface area contributed by atoms with Crippen molar-refractivity contribution < 1.29 is 5.11 Å². The Labute approximate surface area is 128 Å². The second-order valence-electron chi connectivity index (χ2n) is 6.63. The summed E-state index contributed by atoms with van der Waals surface area (Å²) in [5.74, 6) is 0.695. The summed E-state index contributed by atoms with van der Waals surface area (Å²) in [6.07, 6.45) is 8.62. The van der Waals surface area contributed by atoms with Crippen LogP contribution in [0.25, 0.3) is 10.8 Å². The monoisotopic (exact) mass is 282 g/mol. The number of aliphatic hydroxyl groups excluding tert-OH is 1. The summed E-state index contributed by atoms with van der Waals surface area (Å²) in [4.78, 5) is 0. The van der Waals surface area contributed by atoms with Crippen LogP contribution in [0.3, 0.4) is 0 Å². The van der Waals surface area contributed by atoms with Gasteiger partial charge in [0.25, 0.3) is 0 Å². The molecule has 0 spiro atoms. The van der Waals surface area contributed by atoms with E-state index in [9.17, 15) is 5.11 Å². The summed E-state index contributed by atoms with van der Waals surface area (Å²) in [6, 6.07) is 12.7. The van der Waals surface area contributed by atoms with Crippen molar-refractivity contribution in [3.63, 3.8) is 0 Å². The van der Waals surface area contributed by atoms with Crippen molar-refractivity contribution in [3.05, 3.63) is 47.5 Å². The highest BCUT2D eigenvalue weighted by Crippen LogP contribution is 2.35. The lowest BCUT2D eigenvalue weighted by molar-refractivity contribution is 0.140. The molecule has 0 aromatic heterocycles. The smallest absolute Gasteiger partial charge is 0.0801 e. The van der Waals surface area contributed by atoms with Crippen LogP contribution in [0.5, 0.6) is 0 Å². The van der Waals surface area contributed by atoms with Gasteiger partial charge in [0.2, 0.25) is 0 Å². The first-order valence-corrected chi connectivity index (χ1v) is 8.42. The van der Waals surface area contributed by atoms with Gasteiger partial charge in [-0.25, -0.2) is 0 Å². The van der Waals surface area contributed by atoms with E-state index in [2.05, 4.69) is 43.3 Å². The topological polar surface area (TPSA) is 20.2 Å². The number of benzene rings is 2. The highest BCUT2D eigenvalue weighted by Gasteiger charge is 2.20. The highest BCUT2D eigenvalue weighted by molar-refractivity contribution is 5.87. The zero-order chi connectivity index (χ0) is 14.7. The van der Waals surface area contributed by atoms with Crippen molar-refractivity contribution in [1.82, 2.24) is 0 Å². The predicted octanol–water partition coefficient (Wildman–Crippen LogP) is 5.54. The number of fused-ring (bicyclic) bond motifs is 1. The molecule has 0 amide bonds. The molecule has 0 radical (unpaired) electrons. The van der Waals surface area contributed by atoms with Gasteiger partial charge in [0.05, 0.1) is 6.10 Å². The maximum Gasteiger partial charge on any atom is 0.0801 e. The van der Waals surface area contributed by atoms with Crippen molar-refractivity contribution in [2.75, 3.05) is 0 Å². The van der Waals surface area contributed by atoms with Gasteiger partial charge in [-0.2, -0.15) is 0 Å². The van der Waals surface area contributed by atoms with Crippen molar-refractivity contribution >= 4 is 10.8 Å². The van der Waals surface area contributed by atoms with Crippen LogP contribution in [-0.4, -0.2) is 5.11 Å². The van der Waals surface area contributed by atoms with Gasteiger partial charge in [-0.3, -0.25) is 0 Å². The second kappa shape index (κ2) is 6.62. The fraction of sp³-hybridized carbons (Fsp3) is 0.500. The van der Waals surface area contributed by atoms with Crippen LogP contribution in [0.4, 0.5) is 0 Å². The first kappa shape index (κ1) is 14.6. The van der Waals surface area contributed by atoms with E-state index in [-0.39, 0.29) is 6.10 Å². The fourth-order valence-corrected chi connectivity index (χ4v) is 3.88. The van der Waals surface area contributed by atoms with Crippen LogP contribution in [-0.2, 0) is 0 Å². The zero-order valence-electron chi connectivity index (χ0n) is 13.0. The van der Waals surface area contributed by atoms with Gasteiger partial charge in [-0.15, -0.1) is 0 Å². The molecule has 1 N–H and O–H groups in total. The Hall–Kier alpha value is -1.34. The van der Waals surface area contributed by atoms with Gasteiger partial charge in [0.1, 0.15) is 0 Å². The highest BCUT2D eigenvalue weighted by atomic mass is 16.3. The minimum absolute atomic E-state index is 0.320. The lowest BCUT2D eigenvalue weighted by Crippen LogP contribution is -2.08. The largest absolute Gasteiger partial charge is 0.388 e. The van der Waals surface area contributed by atoms with Gasteiger partial charge in [0.15, 0.2) is 0 Å². The number of hydrogen-bond acceptors (Lipinski definition) is 1. The van der Waals surface area contributed by atoms with Gasteiger partial charge >= 0.3 is 0 Å². The maximum absolute atomic E-state index is 10.8. The van der Waals surface area contributed by atoms with Crippen LogP contribution in [0, 0.1) is 12.8 Å². The van der Waals surface area contributed by atoms with Gasteiger partial charge in [-0.05, 0) is 41.2 Å². The molecule has 0 heterocycles. The van der Waals surface area contributed by atoms with Crippen LogP contribution in [0.2, 0.25) is 0 Å². The quantitative estimate of drug-likeness (QED) is 0.732. The summed E-state index contributed by atoms with van der Waals surface area (Å²) in [6.45, 7) is 2.12. The molecule has 1 atom stereocenters. The van der Waals surface area contributed by atoms with Crippen LogP contribution >= 0.6 is 0 Å². The van der Waals surface area contributed by atoms with E-state index in [0.717, 1.165) is 12.0 Å². The molecule has 112 valence electrons. The third-order valence-corrected chi connectivity index (χ3v) is 5.05. The standard InChI is InChI=1S/C20H26O/c1-15-12-13-17-10-6-7-11-18(17)20(15)19(21)14-16-8-4-2-3-5-9-16/h6-7,10-13,16,19,21H,2-5,8-9,14H2,1H3. The summed E-state index contributed by atoms with van der Waals surface area (Å²) in [7, 11) is 0. The first-order chi connectivity index (χ1) is 10.3. The second-order valence-corrected chi connectivity index (χ2v) is 6.63. The normalized spacial score (nSPS) is 18.6. The molecule has 1 aliphatic rings. The summed E-state index contributed by atoms with van der Waals surface area (Å²) in [5.41, 5.74) is 2.37. The van der Waals surface area contributed by atoms with Gasteiger partial charge in [0, 0.05) is 0 Å². The molecule has 0 saturated heterocycles. The van der Waals surface area contributed by atoms with Crippen LogP contribution < -0.4 is 0 Å². The van der Waals surface area contributed by atoms with E-state index < -0.39 is 0 Å². The number of rotatable bonds is 3. The lowest BCUT2D eigenvalue weighted by Gasteiger charge is -2.21. The molecule has 1 fully saturated rings. The van der Waals surface area contributed by atoms with Crippen molar-refractivity contribution in [2.45, 2.75) is 58.0 Å². The molecule has 1 saturated carbocycles. The number of aryl methyl sites for hydroxylation is 1. The molecule has 1 unspecified atom stereocenters. The van der Waals surface area contributed by atoms with Crippen molar-refractivity contribution in [3.8, 4) is 0 Å². The predicted molar refractivity (Wildman–Crippen MR) is 89.5 cm³/mol. The summed E-state index contributed by atoms with van der Waals surface area (Å²) >= 11 is 0. The minimum atomic E-state index is -0.320. The Balaban J connectivity index is 1.86. The van der Waals surface area contributed by atoms with Crippen LogP contribution in [0.15, 0.2) is 36.4 Å². The van der Waals surface area contributed by atoms with E-state index in [1.165, 1.54) is 54.9 Å². The van der Waals surface area contributed by atoms with E-state index in [4.69, 9.17) is 0 Å². The molecule has 2 aromatic rings. The molecular formula is C20H26O. The van der Waals surface area contributed by atoms with E-state index in [1.807, 2.05) is 0 Å². The molecule has 0 aliphatic heterocycles. The molecule has 21 heavy (non-hydrogen) atoms. The van der Waals surface area contributed by atoms with Crippen LogP contribution in [0.1, 0.15) is 62.2 Å². The minimum Gasteiger partial charge on any atom is -0.388 e. The molecular weight excluding hydrogens is 256 g/mol. The Bertz CT molecular complexity index is 594. The maximum atomic E-state index is 10.8. The Morgan fingerprint density at radius 1 is 1.00 bits per heavy atom.